The van der Waals surface area contributed by atoms with Gasteiger partial charge in [-0.05, 0) is 43.4 Å². The Morgan fingerprint density at radius 1 is 1.19 bits per heavy atom. The Morgan fingerprint density at radius 2 is 2.00 bits per heavy atom. The summed E-state index contributed by atoms with van der Waals surface area (Å²) >= 11 is 0. The number of rotatable bonds is 5. The highest BCUT2D eigenvalue weighted by molar-refractivity contribution is 5.40. The van der Waals surface area contributed by atoms with Crippen LogP contribution in [0.1, 0.15) is 43.0 Å². The van der Waals surface area contributed by atoms with Gasteiger partial charge in [0.1, 0.15) is 17.5 Å². The van der Waals surface area contributed by atoms with Crippen LogP contribution in [0, 0.1) is 5.82 Å². The van der Waals surface area contributed by atoms with Crippen molar-refractivity contribution < 1.29 is 4.39 Å². The zero-order valence-corrected chi connectivity index (χ0v) is 11.8. The molecule has 2 saturated carbocycles. The third-order valence-corrected chi connectivity index (χ3v) is 4.52. The van der Waals surface area contributed by atoms with E-state index in [0.29, 0.717) is 5.92 Å². The second kappa shape index (κ2) is 4.79. The average Bonchev–Trinajstić information content (AvgIpc) is 3.39. The fourth-order valence-corrected chi connectivity index (χ4v) is 2.85. The van der Waals surface area contributed by atoms with E-state index in [-0.39, 0.29) is 11.2 Å². The molecule has 0 aliphatic heterocycles. The molecule has 4 rings (SSSR count). The summed E-state index contributed by atoms with van der Waals surface area (Å²) in [6.45, 7) is 0.731. The standard InChI is InChI=1S/C17H18FN3/c18-14-4-2-1-3-13(14)17(8-9-17)11-20-15-7-10-19-16(21-15)12-5-6-12/h1-4,7,10,12H,5-6,8-9,11H2,(H,19,20,21). The van der Waals surface area contributed by atoms with Crippen molar-refractivity contribution in [3.05, 3.63) is 53.7 Å². The van der Waals surface area contributed by atoms with Crippen LogP contribution >= 0.6 is 0 Å². The van der Waals surface area contributed by atoms with Gasteiger partial charge in [-0.15, -0.1) is 0 Å². The number of hydrogen-bond acceptors (Lipinski definition) is 3. The van der Waals surface area contributed by atoms with E-state index in [1.54, 1.807) is 12.1 Å². The van der Waals surface area contributed by atoms with Crippen molar-refractivity contribution in [2.24, 2.45) is 0 Å². The largest absolute Gasteiger partial charge is 0.369 e. The molecule has 21 heavy (non-hydrogen) atoms. The topological polar surface area (TPSA) is 37.8 Å². The quantitative estimate of drug-likeness (QED) is 0.910. The zero-order chi connectivity index (χ0) is 14.3. The van der Waals surface area contributed by atoms with Crippen molar-refractivity contribution in [2.45, 2.75) is 37.0 Å². The summed E-state index contributed by atoms with van der Waals surface area (Å²) < 4.78 is 14.0. The lowest BCUT2D eigenvalue weighted by Gasteiger charge is -2.17. The molecule has 1 heterocycles. The van der Waals surface area contributed by atoms with Crippen LogP contribution < -0.4 is 5.32 Å². The molecule has 0 bridgehead atoms. The van der Waals surface area contributed by atoms with Crippen LogP contribution in [0.15, 0.2) is 36.5 Å². The lowest BCUT2D eigenvalue weighted by molar-refractivity contribution is 0.578. The van der Waals surface area contributed by atoms with E-state index in [0.717, 1.165) is 36.6 Å². The molecule has 108 valence electrons. The summed E-state index contributed by atoms with van der Waals surface area (Å²) in [6.07, 6.45) is 6.26. The number of nitrogens with zero attached hydrogens (tertiary/aromatic N) is 2. The van der Waals surface area contributed by atoms with Crippen LogP contribution in [-0.2, 0) is 5.41 Å². The van der Waals surface area contributed by atoms with Crippen molar-refractivity contribution in [1.82, 2.24) is 9.97 Å². The summed E-state index contributed by atoms with van der Waals surface area (Å²) in [7, 11) is 0. The van der Waals surface area contributed by atoms with Gasteiger partial charge in [-0.1, -0.05) is 18.2 Å². The van der Waals surface area contributed by atoms with Gasteiger partial charge in [0.25, 0.3) is 0 Å². The first-order valence-corrected chi connectivity index (χ1v) is 7.59. The maximum Gasteiger partial charge on any atom is 0.133 e. The summed E-state index contributed by atoms with van der Waals surface area (Å²) in [6, 6.07) is 9.00. The first kappa shape index (κ1) is 12.7. The lowest BCUT2D eigenvalue weighted by Crippen LogP contribution is -2.21. The zero-order valence-electron chi connectivity index (χ0n) is 11.8. The molecule has 2 aliphatic rings. The van der Waals surface area contributed by atoms with Gasteiger partial charge in [0.15, 0.2) is 0 Å². The van der Waals surface area contributed by atoms with Crippen LogP contribution in [-0.4, -0.2) is 16.5 Å². The van der Waals surface area contributed by atoms with Crippen molar-refractivity contribution in [3.63, 3.8) is 0 Å². The summed E-state index contributed by atoms with van der Waals surface area (Å²) in [5.41, 5.74) is 0.768. The number of anilines is 1. The van der Waals surface area contributed by atoms with Gasteiger partial charge in [0.05, 0.1) is 0 Å². The van der Waals surface area contributed by atoms with Crippen LogP contribution in [0.4, 0.5) is 10.2 Å². The molecule has 2 fully saturated rings. The Labute approximate surface area is 123 Å². The summed E-state index contributed by atoms with van der Waals surface area (Å²) in [5, 5.41) is 3.38. The van der Waals surface area contributed by atoms with Crippen molar-refractivity contribution >= 4 is 5.82 Å². The fraction of sp³-hybridized carbons (Fsp3) is 0.412. The monoisotopic (exact) mass is 283 g/mol. The van der Waals surface area contributed by atoms with Crippen molar-refractivity contribution in [1.29, 1.82) is 0 Å². The predicted octanol–water partition coefficient (Wildman–Crippen LogP) is 3.64. The molecule has 0 amide bonds. The molecule has 1 aromatic carbocycles. The average molecular weight is 283 g/mol. The van der Waals surface area contributed by atoms with Crippen molar-refractivity contribution in [3.8, 4) is 0 Å². The highest BCUT2D eigenvalue weighted by atomic mass is 19.1. The number of nitrogens with one attached hydrogen (secondary N) is 1. The van der Waals surface area contributed by atoms with Crippen LogP contribution in [0.3, 0.4) is 0 Å². The van der Waals surface area contributed by atoms with E-state index in [2.05, 4.69) is 15.3 Å². The molecule has 2 aromatic rings. The van der Waals surface area contributed by atoms with E-state index in [1.807, 2.05) is 24.4 Å². The SMILES string of the molecule is Fc1ccccc1C1(CNc2ccnc(C3CC3)n2)CC1. The Kier molecular flexibility index (Phi) is 2.91. The molecule has 0 radical (unpaired) electrons. The van der Waals surface area contributed by atoms with Crippen LogP contribution in [0.5, 0.6) is 0 Å². The smallest absolute Gasteiger partial charge is 0.133 e. The lowest BCUT2D eigenvalue weighted by atomic mass is 9.95. The molecule has 3 nitrogen and oxygen atoms in total. The first-order chi connectivity index (χ1) is 10.3. The minimum absolute atomic E-state index is 0.0595. The Balaban J connectivity index is 1.49. The van der Waals surface area contributed by atoms with Gasteiger partial charge in [0.2, 0.25) is 0 Å². The van der Waals surface area contributed by atoms with E-state index in [4.69, 9.17) is 0 Å². The highest BCUT2D eigenvalue weighted by Gasteiger charge is 2.45. The molecule has 1 aromatic heterocycles. The van der Waals surface area contributed by atoms with Gasteiger partial charge in [-0.2, -0.15) is 0 Å². The predicted molar refractivity (Wildman–Crippen MR) is 79.8 cm³/mol. The van der Waals surface area contributed by atoms with Gasteiger partial charge in [-0.25, -0.2) is 14.4 Å². The molecular formula is C17H18FN3. The second-order valence-corrected chi connectivity index (χ2v) is 6.19. The Hall–Kier alpha value is -1.97. The van der Waals surface area contributed by atoms with E-state index < -0.39 is 0 Å². The number of benzene rings is 1. The number of hydrogen-bond donors (Lipinski definition) is 1. The van der Waals surface area contributed by atoms with E-state index in [9.17, 15) is 4.39 Å². The molecule has 0 saturated heterocycles. The maximum absolute atomic E-state index is 14.0. The first-order valence-electron chi connectivity index (χ1n) is 7.59. The molecule has 0 atom stereocenters. The minimum atomic E-state index is -0.0989. The van der Waals surface area contributed by atoms with Gasteiger partial charge in [-0.3, -0.25) is 0 Å². The van der Waals surface area contributed by atoms with Gasteiger partial charge in [0, 0.05) is 24.1 Å². The van der Waals surface area contributed by atoms with Gasteiger partial charge >= 0.3 is 0 Å². The normalized spacial score (nSPS) is 19.3. The number of halogens is 1. The van der Waals surface area contributed by atoms with Crippen molar-refractivity contribution in [2.75, 3.05) is 11.9 Å². The molecule has 0 spiro atoms. The van der Waals surface area contributed by atoms with Crippen LogP contribution in [0.25, 0.3) is 0 Å². The molecule has 1 N–H and O–H groups in total. The minimum Gasteiger partial charge on any atom is -0.369 e. The summed E-state index contributed by atoms with van der Waals surface area (Å²) in [5.74, 6) is 2.25. The molecule has 2 aliphatic carbocycles. The van der Waals surface area contributed by atoms with E-state index in [1.165, 1.54) is 12.8 Å². The molecule has 0 unspecified atom stereocenters. The fourth-order valence-electron chi connectivity index (χ4n) is 2.85. The number of aromatic nitrogens is 2. The van der Waals surface area contributed by atoms with Gasteiger partial charge < -0.3 is 5.32 Å². The maximum atomic E-state index is 14.0. The Morgan fingerprint density at radius 3 is 2.71 bits per heavy atom. The summed E-state index contributed by atoms with van der Waals surface area (Å²) in [4.78, 5) is 8.89. The highest BCUT2D eigenvalue weighted by Crippen LogP contribution is 2.49. The molecule has 4 heteroatoms. The second-order valence-electron chi connectivity index (χ2n) is 6.19. The Bertz CT molecular complexity index is 663. The molecular weight excluding hydrogens is 265 g/mol. The van der Waals surface area contributed by atoms with E-state index >= 15 is 0 Å². The van der Waals surface area contributed by atoms with Crippen LogP contribution in [0.2, 0.25) is 0 Å². The third kappa shape index (κ3) is 2.50. The third-order valence-electron chi connectivity index (χ3n) is 4.52.